The van der Waals surface area contributed by atoms with Crippen LogP contribution in [0.5, 0.6) is 5.75 Å². The number of thioether (sulfide) groups is 1. The first kappa shape index (κ1) is 22.3. The topological polar surface area (TPSA) is 64.4 Å². The van der Waals surface area contributed by atoms with Crippen molar-refractivity contribution in [3.63, 3.8) is 0 Å². The normalized spacial score (nSPS) is 18.7. The van der Waals surface area contributed by atoms with Crippen LogP contribution < -0.4 is 15.0 Å². The monoisotopic (exact) mass is 477 g/mol. The summed E-state index contributed by atoms with van der Waals surface area (Å²) in [6.07, 6.45) is 0. The number of rotatable bonds is 5. The van der Waals surface area contributed by atoms with Crippen molar-refractivity contribution in [2.75, 3.05) is 55.2 Å². The van der Waals surface area contributed by atoms with E-state index in [9.17, 15) is 5.26 Å². The van der Waals surface area contributed by atoms with Crippen molar-refractivity contribution in [2.45, 2.75) is 24.4 Å². The second-order valence-corrected chi connectivity index (χ2v) is 9.62. The molecule has 164 valence electrons. The number of alkyl halides is 1. The van der Waals surface area contributed by atoms with E-state index in [1.54, 1.807) is 11.8 Å². The highest BCUT2D eigenvalue weighted by Gasteiger charge is 2.25. The van der Waals surface area contributed by atoms with E-state index in [-0.39, 0.29) is 5.56 Å². The molecule has 0 amide bonds. The average Bonchev–Trinajstić information content (AvgIpc) is 2.78. The molecule has 0 aliphatic carbocycles. The Kier molecular flexibility index (Phi) is 7.02. The zero-order valence-corrected chi connectivity index (χ0v) is 19.9. The summed E-state index contributed by atoms with van der Waals surface area (Å²) in [4.78, 5) is 9.35. The van der Waals surface area contributed by atoms with Crippen LogP contribution in [0.1, 0.15) is 16.8 Å². The standard InChI is InChI=1S/C22H25Cl2N5OS/c1-14-16(12-25)22(27-15(2)20(14)24)31-11-10-28-6-8-29(9-7-28)18-5-3-4-17-21(18)30-19(23)13-26-17/h3-5,19,26H,6-11,13H2,1-2H3. The predicted molar refractivity (Wildman–Crippen MR) is 128 cm³/mol. The van der Waals surface area contributed by atoms with Crippen LogP contribution >= 0.6 is 35.0 Å². The van der Waals surface area contributed by atoms with Gasteiger partial charge in [-0.2, -0.15) is 5.26 Å². The first-order valence-corrected chi connectivity index (χ1v) is 12.1. The van der Waals surface area contributed by atoms with Gasteiger partial charge in [-0.3, -0.25) is 4.90 Å². The van der Waals surface area contributed by atoms with Crippen LogP contribution in [-0.4, -0.2) is 60.5 Å². The number of anilines is 2. The van der Waals surface area contributed by atoms with Crippen molar-refractivity contribution in [1.82, 2.24) is 9.88 Å². The van der Waals surface area contributed by atoms with E-state index in [0.717, 1.165) is 71.9 Å². The Balaban J connectivity index is 1.33. The predicted octanol–water partition coefficient (Wildman–Crippen LogP) is 4.51. The Bertz CT molecular complexity index is 1000. The number of para-hydroxylation sites is 1. The van der Waals surface area contributed by atoms with Crippen molar-refractivity contribution in [3.8, 4) is 11.8 Å². The molecule has 1 aromatic heterocycles. The van der Waals surface area contributed by atoms with Gasteiger partial charge >= 0.3 is 0 Å². The van der Waals surface area contributed by atoms with Gasteiger partial charge in [0.1, 0.15) is 11.1 Å². The highest BCUT2D eigenvalue weighted by atomic mass is 35.5. The Labute approximate surface area is 197 Å². The number of pyridine rings is 1. The van der Waals surface area contributed by atoms with Crippen molar-refractivity contribution < 1.29 is 4.74 Å². The molecule has 2 aliphatic rings. The molecule has 2 aliphatic heterocycles. The lowest BCUT2D eigenvalue weighted by Gasteiger charge is -2.38. The average molecular weight is 478 g/mol. The van der Waals surface area contributed by atoms with Gasteiger partial charge in [0.2, 0.25) is 0 Å². The van der Waals surface area contributed by atoms with Crippen molar-refractivity contribution in [2.24, 2.45) is 0 Å². The van der Waals surface area contributed by atoms with E-state index in [1.165, 1.54) is 0 Å². The number of hydrogen-bond acceptors (Lipinski definition) is 7. The summed E-state index contributed by atoms with van der Waals surface area (Å²) < 4.78 is 5.91. The van der Waals surface area contributed by atoms with Crippen LogP contribution in [-0.2, 0) is 0 Å². The molecule has 9 heteroatoms. The van der Waals surface area contributed by atoms with Crippen molar-refractivity contribution in [1.29, 1.82) is 5.26 Å². The number of halogens is 2. The lowest BCUT2D eigenvalue weighted by atomic mass is 10.1. The molecule has 2 aromatic rings. The summed E-state index contributed by atoms with van der Waals surface area (Å²) in [5, 5.41) is 14.2. The van der Waals surface area contributed by atoms with Gasteiger partial charge in [0.25, 0.3) is 0 Å². The van der Waals surface area contributed by atoms with E-state index >= 15 is 0 Å². The van der Waals surface area contributed by atoms with E-state index in [4.69, 9.17) is 27.9 Å². The molecule has 6 nitrogen and oxygen atoms in total. The number of fused-ring (bicyclic) bond motifs is 1. The lowest BCUT2D eigenvalue weighted by molar-refractivity contribution is 0.266. The minimum atomic E-state index is -0.348. The molecule has 1 unspecified atom stereocenters. The molecule has 1 fully saturated rings. The number of nitrogens with zero attached hydrogens (tertiary/aromatic N) is 4. The fourth-order valence-corrected chi connectivity index (χ4v) is 5.31. The van der Waals surface area contributed by atoms with Gasteiger partial charge < -0.3 is 15.0 Å². The third-order valence-corrected chi connectivity index (χ3v) is 7.42. The number of aromatic nitrogens is 1. The summed E-state index contributed by atoms with van der Waals surface area (Å²) in [5.74, 6) is 1.73. The van der Waals surface area contributed by atoms with E-state index < -0.39 is 0 Å². The minimum Gasteiger partial charge on any atom is -0.468 e. The molecule has 4 rings (SSSR count). The fourth-order valence-electron chi connectivity index (χ4n) is 3.92. The Morgan fingerprint density at radius 1 is 1.29 bits per heavy atom. The molecule has 3 heterocycles. The van der Waals surface area contributed by atoms with Crippen molar-refractivity contribution >= 4 is 46.3 Å². The SMILES string of the molecule is Cc1nc(SCCN2CCN(c3cccc4c3OC(Cl)CN4)CC2)c(C#N)c(C)c1Cl. The van der Waals surface area contributed by atoms with Crippen LogP contribution in [0.25, 0.3) is 0 Å². The van der Waals surface area contributed by atoms with Crippen LogP contribution in [0, 0.1) is 25.2 Å². The van der Waals surface area contributed by atoms with Crippen LogP contribution in [0.3, 0.4) is 0 Å². The minimum absolute atomic E-state index is 0.348. The Morgan fingerprint density at radius 3 is 2.81 bits per heavy atom. The van der Waals surface area contributed by atoms with Gasteiger partial charge in [-0.25, -0.2) is 4.98 Å². The van der Waals surface area contributed by atoms with Gasteiger partial charge in [-0.1, -0.05) is 29.3 Å². The number of aryl methyl sites for hydroxylation is 1. The van der Waals surface area contributed by atoms with Gasteiger partial charge in [-0.15, -0.1) is 11.8 Å². The molecule has 1 atom stereocenters. The maximum absolute atomic E-state index is 9.50. The molecule has 0 spiro atoms. The zero-order valence-electron chi connectivity index (χ0n) is 17.6. The van der Waals surface area contributed by atoms with E-state index in [0.29, 0.717) is 17.1 Å². The summed E-state index contributed by atoms with van der Waals surface area (Å²) >= 11 is 14.1. The molecule has 31 heavy (non-hydrogen) atoms. The van der Waals surface area contributed by atoms with Crippen LogP contribution in [0.4, 0.5) is 11.4 Å². The second-order valence-electron chi connectivity index (χ2n) is 7.67. The van der Waals surface area contributed by atoms with Gasteiger partial charge in [0, 0.05) is 38.5 Å². The van der Waals surface area contributed by atoms with Gasteiger partial charge in [0.15, 0.2) is 11.3 Å². The number of nitrogens with one attached hydrogen (secondary N) is 1. The molecule has 1 aromatic carbocycles. The number of hydrogen-bond donors (Lipinski definition) is 1. The van der Waals surface area contributed by atoms with Gasteiger partial charge in [-0.05, 0) is 31.5 Å². The second kappa shape index (κ2) is 9.74. The summed E-state index contributed by atoms with van der Waals surface area (Å²) in [6.45, 7) is 9.12. The molecular formula is C22H25Cl2N5OS. The highest BCUT2D eigenvalue weighted by Crippen LogP contribution is 2.39. The maximum Gasteiger partial charge on any atom is 0.189 e. The third-order valence-electron chi connectivity index (χ3n) is 5.67. The largest absolute Gasteiger partial charge is 0.468 e. The van der Waals surface area contributed by atoms with Crippen LogP contribution in [0.15, 0.2) is 23.2 Å². The first-order valence-electron chi connectivity index (χ1n) is 10.3. The maximum atomic E-state index is 9.50. The molecular weight excluding hydrogens is 453 g/mol. The first-order chi connectivity index (χ1) is 15.0. The number of piperazine rings is 1. The van der Waals surface area contributed by atoms with E-state index in [2.05, 4.69) is 38.3 Å². The summed E-state index contributed by atoms with van der Waals surface area (Å²) in [7, 11) is 0. The third kappa shape index (κ3) is 4.83. The highest BCUT2D eigenvalue weighted by molar-refractivity contribution is 7.99. The number of nitriles is 1. The van der Waals surface area contributed by atoms with E-state index in [1.807, 2.05) is 19.9 Å². The molecule has 0 radical (unpaired) electrons. The van der Waals surface area contributed by atoms with Crippen LogP contribution in [0.2, 0.25) is 5.02 Å². The Hall–Kier alpha value is -1.85. The summed E-state index contributed by atoms with van der Waals surface area (Å²) in [5.41, 5.74) is 3.93. The quantitative estimate of drug-likeness (QED) is 0.501. The van der Waals surface area contributed by atoms with Gasteiger partial charge in [0.05, 0.1) is 34.2 Å². The molecule has 0 saturated carbocycles. The smallest absolute Gasteiger partial charge is 0.189 e. The van der Waals surface area contributed by atoms with Crippen molar-refractivity contribution in [3.05, 3.63) is 40.0 Å². The summed E-state index contributed by atoms with van der Waals surface area (Å²) in [6, 6.07) is 8.44. The molecule has 1 N–H and O–H groups in total. The number of ether oxygens (including phenoxy) is 1. The Morgan fingerprint density at radius 2 is 2.06 bits per heavy atom. The zero-order chi connectivity index (χ0) is 22.0. The molecule has 1 saturated heterocycles. The number of benzene rings is 1. The lowest BCUT2D eigenvalue weighted by Crippen LogP contribution is -2.47. The molecule has 0 bridgehead atoms. The fraction of sp³-hybridized carbons (Fsp3) is 0.455.